The van der Waals surface area contributed by atoms with E-state index in [4.69, 9.17) is 10.5 Å². The number of carbonyl (C=O) groups is 1. The van der Waals surface area contributed by atoms with E-state index in [1.807, 2.05) is 0 Å². The molecule has 0 aromatic rings. The minimum absolute atomic E-state index is 0.0711. The predicted octanol–water partition coefficient (Wildman–Crippen LogP) is 2.60. The van der Waals surface area contributed by atoms with Gasteiger partial charge in [-0.05, 0) is 49.9 Å². The minimum Gasteiger partial charge on any atom is -0.364 e. The van der Waals surface area contributed by atoms with Crippen molar-refractivity contribution in [3.8, 4) is 0 Å². The van der Waals surface area contributed by atoms with Gasteiger partial charge < -0.3 is 15.8 Å². The number of hydrogen-bond acceptors (Lipinski definition) is 3. The third kappa shape index (κ3) is 4.19. The van der Waals surface area contributed by atoms with Crippen molar-refractivity contribution in [2.75, 3.05) is 6.54 Å². The quantitative estimate of drug-likeness (QED) is 0.819. The first kappa shape index (κ1) is 16.8. The van der Waals surface area contributed by atoms with Gasteiger partial charge in [-0.1, -0.05) is 27.2 Å². The Bertz CT molecular complexity index is 349. The Hall–Kier alpha value is -0.610. The molecule has 1 saturated heterocycles. The zero-order valence-corrected chi connectivity index (χ0v) is 13.9. The molecule has 3 N–H and O–H groups in total. The van der Waals surface area contributed by atoms with Crippen LogP contribution in [0, 0.1) is 11.3 Å². The monoisotopic (exact) mass is 296 g/mol. The van der Waals surface area contributed by atoms with Crippen LogP contribution >= 0.6 is 0 Å². The molecule has 0 bridgehead atoms. The number of nitrogens with one attached hydrogen (secondary N) is 1. The smallest absolute Gasteiger partial charge is 0.249 e. The van der Waals surface area contributed by atoms with Crippen LogP contribution in [0.15, 0.2) is 0 Å². The van der Waals surface area contributed by atoms with Crippen molar-refractivity contribution >= 4 is 5.91 Å². The van der Waals surface area contributed by atoms with Gasteiger partial charge >= 0.3 is 0 Å². The van der Waals surface area contributed by atoms with Crippen LogP contribution in [0.3, 0.4) is 0 Å². The average Bonchev–Trinajstić information content (AvgIpc) is 2.97. The van der Waals surface area contributed by atoms with Crippen molar-refractivity contribution in [2.24, 2.45) is 17.1 Å². The Kier molecular flexibility index (Phi) is 5.67. The van der Waals surface area contributed by atoms with Crippen LogP contribution < -0.4 is 11.1 Å². The summed E-state index contributed by atoms with van der Waals surface area (Å²) in [4.78, 5) is 12.2. The van der Waals surface area contributed by atoms with Crippen LogP contribution in [0.2, 0.25) is 0 Å². The van der Waals surface area contributed by atoms with Gasteiger partial charge in [0.1, 0.15) is 6.10 Å². The van der Waals surface area contributed by atoms with E-state index in [1.165, 1.54) is 19.3 Å². The molecule has 0 aromatic carbocycles. The highest BCUT2D eigenvalue weighted by atomic mass is 16.5. The first-order valence-electron chi connectivity index (χ1n) is 8.62. The third-order valence-electron chi connectivity index (χ3n) is 5.75. The molecule has 2 aliphatic rings. The van der Waals surface area contributed by atoms with Gasteiger partial charge in [0, 0.05) is 12.6 Å². The maximum Gasteiger partial charge on any atom is 0.249 e. The molecule has 1 aliphatic heterocycles. The molecule has 4 nitrogen and oxygen atoms in total. The molecule has 1 heterocycles. The largest absolute Gasteiger partial charge is 0.364 e. The Morgan fingerprint density at radius 1 is 1.19 bits per heavy atom. The van der Waals surface area contributed by atoms with Crippen LogP contribution in [0.25, 0.3) is 0 Å². The lowest BCUT2D eigenvalue weighted by Gasteiger charge is -2.39. The lowest BCUT2D eigenvalue weighted by Crippen LogP contribution is -2.44. The maximum atomic E-state index is 12.2. The van der Waals surface area contributed by atoms with Crippen molar-refractivity contribution in [2.45, 2.75) is 84.0 Å². The van der Waals surface area contributed by atoms with Crippen LogP contribution in [-0.2, 0) is 9.53 Å². The maximum absolute atomic E-state index is 12.2. The normalized spacial score (nSPS) is 33.9. The molecule has 2 atom stereocenters. The second-order valence-corrected chi connectivity index (χ2v) is 7.46. The molecular weight excluding hydrogens is 264 g/mol. The zero-order valence-electron chi connectivity index (χ0n) is 13.9. The summed E-state index contributed by atoms with van der Waals surface area (Å²) in [5, 5.41) is 3.19. The summed E-state index contributed by atoms with van der Waals surface area (Å²) in [6.07, 6.45) is 7.40. The van der Waals surface area contributed by atoms with Crippen LogP contribution in [0.1, 0.15) is 65.7 Å². The predicted molar refractivity (Wildman–Crippen MR) is 84.9 cm³/mol. The summed E-state index contributed by atoms with van der Waals surface area (Å²) in [6, 6.07) is 0.335. The van der Waals surface area contributed by atoms with E-state index < -0.39 is 0 Å². The fourth-order valence-corrected chi connectivity index (χ4v) is 3.67. The molecule has 0 aromatic heterocycles. The molecule has 4 heteroatoms. The average molecular weight is 296 g/mol. The Morgan fingerprint density at radius 3 is 2.38 bits per heavy atom. The number of carbonyl (C=O) groups excluding carboxylic acids is 1. The zero-order chi connectivity index (χ0) is 15.5. The van der Waals surface area contributed by atoms with E-state index in [0.29, 0.717) is 18.0 Å². The SMILES string of the molecule is CCC(C)(C)C1CCC(NC(=O)C2CCC(CN)O2)CC1. The number of hydrogen-bond donors (Lipinski definition) is 2. The standard InChI is InChI=1S/C17H32N2O2/c1-4-17(2,3)12-5-7-13(8-6-12)19-16(20)15-10-9-14(11-18)21-15/h12-15H,4-11,18H2,1-3H3,(H,19,20). The van der Waals surface area contributed by atoms with E-state index in [2.05, 4.69) is 26.1 Å². The van der Waals surface area contributed by atoms with E-state index in [0.717, 1.165) is 31.6 Å². The van der Waals surface area contributed by atoms with Gasteiger partial charge in [-0.25, -0.2) is 0 Å². The highest BCUT2D eigenvalue weighted by Gasteiger charge is 2.34. The molecule has 2 fully saturated rings. The number of rotatable bonds is 5. The van der Waals surface area contributed by atoms with Crippen molar-refractivity contribution in [1.29, 1.82) is 0 Å². The van der Waals surface area contributed by atoms with Crippen LogP contribution in [0.4, 0.5) is 0 Å². The Morgan fingerprint density at radius 2 is 1.86 bits per heavy atom. The summed E-state index contributed by atoms with van der Waals surface area (Å²) in [5.74, 6) is 0.865. The first-order chi connectivity index (χ1) is 9.96. The van der Waals surface area contributed by atoms with Crippen LogP contribution in [-0.4, -0.2) is 30.7 Å². The lowest BCUT2D eigenvalue weighted by molar-refractivity contribution is -0.132. The van der Waals surface area contributed by atoms with Crippen molar-refractivity contribution in [3.05, 3.63) is 0 Å². The van der Waals surface area contributed by atoms with Crippen molar-refractivity contribution in [3.63, 3.8) is 0 Å². The van der Waals surface area contributed by atoms with Gasteiger partial charge in [0.25, 0.3) is 0 Å². The third-order valence-corrected chi connectivity index (χ3v) is 5.75. The fourth-order valence-electron chi connectivity index (χ4n) is 3.67. The van der Waals surface area contributed by atoms with E-state index in [-0.39, 0.29) is 18.1 Å². The molecule has 1 amide bonds. The summed E-state index contributed by atoms with van der Waals surface area (Å²) in [7, 11) is 0. The van der Waals surface area contributed by atoms with Gasteiger partial charge in [-0.2, -0.15) is 0 Å². The van der Waals surface area contributed by atoms with Crippen molar-refractivity contribution < 1.29 is 9.53 Å². The lowest BCUT2D eigenvalue weighted by atomic mass is 9.69. The van der Waals surface area contributed by atoms with E-state index >= 15 is 0 Å². The molecule has 1 saturated carbocycles. The molecule has 0 radical (unpaired) electrons. The molecule has 21 heavy (non-hydrogen) atoms. The minimum atomic E-state index is -0.275. The molecule has 2 rings (SSSR count). The Balaban J connectivity index is 1.75. The van der Waals surface area contributed by atoms with E-state index in [9.17, 15) is 4.79 Å². The van der Waals surface area contributed by atoms with Crippen LogP contribution in [0.5, 0.6) is 0 Å². The highest BCUT2D eigenvalue weighted by molar-refractivity contribution is 5.81. The van der Waals surface area contributed by atoms with Gasteiger partial charge in [0.15, 0.2) is 0 Å². The second kappa shape index (κ2) is 7.10. The first-order valence-corrected chi connectivity index (χ1v) is 8.62. The molecule has 2 unspecified atom stereocenters. The molecule has 1 aliphatic carbocycles. The molecule has 0 spiro atoms. The van der Waals surface area contributed by atoms with Crippen molar-refractivity contribution in [1.82, 2.24) is 5.32 Å². The molecular formula is C17H32N2O2. The molecule has 122 valence electrons. The topological polar surface area (TPSA) is 64.4 Å². The van der Waals surface area contributed by atoms with E-state index in [1.54, 1.807) is 0 Å². The van der Waals surface area contributed by atoms with Gasteiger partial charge in [0.05, 0.1) is 6.10 Å². The Labute approximate surface area is 129 Å². The number of ether oxygens (including phenoxy) is 1. The van der Waals surface area contributed by atoms with Gasteiger partial charge in [-0.3, -0.25) is 4.79 Å². The highest BCUT2D eigenvalue weighted by Crippen LogP contribution is 2.40. The number of amides is 1. The summed E-state index contributed by atoms with van der Waals surface area (Å²) in [5.41, 5.74) is 6.02. The fraction of sp³-hybridized carbons (Fsp3) is 0.941. The summed E-state index contributed by atoms with van der Waals surface area (Å²) >= 11 is 0. The second-order valence-electron chi connectivity index (χ2n) is 7.46. The van der Waals surface area contributed by atoms with Gasteiger partial charge in [0.2, 0.25) is 5.91 Å². The summed E-state index contributed by atoms with van der Waals surface area (Å²) < 4.78 is 5.67. The summed E-state index contributed by atoms with van der Waals surface area (Å²) in [6.45, 7) is 7.53. The van der Waals surface area contributed by atoms with Gasteiger partial charge in [-0.15, -0.1) is 0 Å². The number of nitrogens with two attached hydrogens (primary N) is 1.